The van der Waals surface area contributed by atoms with Gasteiger partial charge in [-0.3, -0.25) is 9.36 Å². The summed E-state index contributed by atoms with van der Waals surface area (Å²) in [7, 11) is 0. The molecule has 0 saturated carbocycles. The predicted octanol–water partition coefficient (Wildman–Crippen LogP) is 2.01. The average Bonchev–Trinajstić information content (AvgIpc) is 3.49. The summed E-state index contributed by atoms with van der Waals surface area (Å²) in [5.41, 5.74) is 0.874. The maximum atomic E-state index is 12.8. The molecule has 0 spiro atoms. The van der Waals surface area contributed by atoms with E-state index in [2.05, 4.69) is 10.2 Å². The van der Waals surface area contributed by atoms with Gasteiger partial charge in [-0.05, 0) is 48.4 Å². The minimum atomic E-state index is -0.519. The topological polar surface area (TPSA) is 106 Å². The monoisotopic (exact) mass is 439 g/mol. The first-order chi connectivity index (χ1) is 15.1. The molecule has 9 nitrogen and oxygen atoms in total. The number of hydrogen-bond acceptors (Lipinski definition) is 6. The van der Waals surface area contributed by atoms with Gasteiger partial charge in [0.1, 0.15) is 17.4 Å². The highest BCUT2D eigenvalue weighted by Crippen LogP contribution is 2.23. The molecule has 0 unspecified atom stereocenters. The van der Waals surface area contributed by atoms with E-state index in [-0.39, 0.29) is 18.1 Å². The number of thiophene rings is 1. The summed E-state index contributed by atoms with van der Waals surface area (Å²) in [5.74, 6) is 0.431. The first kappa shape index (κ1) is 19.6. The summed E-state index contributed by atoms with van der Waals surface area (Å²) in [4.78, 5) is 38.9. The molecule has 1 aromatic carbocycles. The Bertz CT molecular complexity index is 1320. The number of likely N-dealkylation sites (tertiary alicyclic amines) is 1. The van der Waals surface area contributed by atoms with Crippen molar-refractivity contribution in [2.24, 2.45) is 5.92 Å². The molecule has 0 atom stereocenters. The highest BCUT2D eigenvalue weighted by molar-refractivity contribution is 7.12. The number of hydrogen-bond donors (Lipinski definition) is 1. The zero-order chi connectivity index (χ0) is 21.4. The standard InChI is InChI=1S/C21H21N5O4S/c27-18(13-25-15-4-1-2-5-16(15)30-21(25)29)24-9-7-14(8-10-24)12-17-22-23-20(28)26(17)19-6-3-11-31-19/h1-6,11,14H,7-10,12-13H2,(H,23,28). The third-order valence-electron chi connectivity index (χ3n) is 5.77. The number of H-pyrrole nitrogens is 1. The minimum Gasteiger partial charge on any atom is -0.408 e. The van der Waals surface area contributed by atoms with Crippen LogP contribution >= 0.6 is 11.3 Å². The second kappa shape index (κ2) is 8.03. The molecule has 10 heteroatoms. The van der Waals surface area contributed by atoms with E-state index in [0.29, 0.717) is 42.4 Å². The number of aromatic nitrogens is 4. The van der Waals surface area contributed by atoms with E-state index in [1.54, 1.807) is 27.7 Å². The quantitative estimate of drug-likeness (QED) is 0.512. The van der Waals surface area contributed by atoms with Crippen molar-refractivity contribution >= 4 is 28.3 Å². The van der Waals surface area contributed by atoms with Crippen LogP contribution in [0.1, 0.15) is 18.7 Å². The third kappa shape index (κ3) is 3.74. The molecule has 31 heavy (non-hydrogen) atoms. The molecule has 0 radical (unpaired) electrons. The van der Waals surface area contributed by atoms with Crippen LogP contribution in [0, 0.1) is 5.92 Å². The summed E-state index contributed by atoms with van der Waals surface area (Å²) in [6.45, 7) is 1.20. The van der Waals surface area contributed by atoms with Gasteiger partial charge in [0.05, 0.1) is 5.52 Å². The SMILES string of the molecule is O=C(Cn1c(=O)oc2ccccc21)N1CCC(Cc2n[nH]c(=O)n2-c2cccs2)CC1. The molecule has 1 N–H and O–H groups in total. The van der Waals surface area contributed by atoms with Crippen LogP contribution in [0.25, 0.3) is 16.1 Å². The second-order valence-electron chi connectivity index (χ2n) is 7.68. The molecular weight excluding hydrogens is 418 g/mol. The Hall–Kier alpha value is -3.40. The van der Waals surface area contributed by atoms with Gasteiger partial charge in [0.25, 0.3) is 0 Å². The molecule has 1 saturated heterocycles. The summed E-state index contributed by atoms with van der Waals surface area (Å²) in [6.07, 6.45) is 2.31. The fraction of sp³-hybridized carbons (Fsp3) is 0.333. The number of amides is 1. The van der Waals surface area contributed by atoms with Gasteiger partial charge in [0.2, 0.25) is 5.91 Å². The lowest BCUT2D eigenvalue weighted by Gasteiger charge is -2.31. The summed E-state index contributed by atoms with van der Waals surface area (Å²) in [6, 6.07) is 10.9. The Morgan fingerprint density at radius 2 is 1.97 bits per heavy atom. The van der Waals surface area contributed by atoms with Crippen molar-refractivity contribution in [2.45, 2.75) is 25.8 Å². The van der Waals surface area contributed by atoms with E-state index in [1.807, 2.05) is 23.6 Å². The van der Waals surface area contributed by atoms with Crippen LogP contribution in [0.15, 0.2) is 55.8 Å². The predicted molar refractivity (Wildman–Crippen MR) is 116 cm³/mol. The van der Waals surface area contributed by atoms with Crippen LogP contribution in [0.5, 0.6) is 0 Å². The molecule has 160 valence electrons. The number of nitrogens with zero attached hydrogens (tertiary/aromatic N) is 4. The molecule has 5 rings (SSSR count). The first-order valence-corrected chi connectivity index (χ1v) is 11.0. The van der Waals surface area contributed by atoms with E-state index in [1.165, 1.54) is 15.9 Å². The van der Waals surface area contributed by atoms with Crippen LogP contribution in [0.2, 0.25) is 0 Å². The normalized spacial score (nSPS) is 15.0. The van der Waals surface area contributed by atoms with Gasteiger partial charge < -0.3 is 9.32 Å². The Morgan fingerprint density at radius 1 is 1.16 bits per heavy atom. The molecule has 0 bridgehead atoms. The molecule has 1 aliphatic heterocycles. The molecule has 1 aliphatic rings. The number of carbonyl (C=O) groups is 1. The molecule has 0 aliphatic carbocycles. The lowest BCUT2D eigenvalue weighted by atomic mass is 9.93. The van der Waals surface area contributed by atoms with Gasteiger partial charge >= 0.3 is 11.4 Å². The molecule has 1 fully saturated rings. The number of oxazole rings is 1. The number of rotatable bonds is 5. The van der Waals surface area contributed by atoms with Gasteiger partial charge in [0.15, 0.2) is 5.58 Å². The smallest absolute Gasteiger partial charge is 0.408 e. The number of carbonyl (C=O) groups excluding carboxylic acids is 1. The van der Waals surface area contributed by atoms with Crippen LogP contribution in [-0.4, -0.2) is 43.2 Å². The van der Waals surface area contributed by atoms with E-state index < -0.39 is 5.76 Å². The fourth-order valence-electron chi connectivity index (χ4n) is 4.13. The van der Waals surface area contributed by atoms with Gasteiger partial charge in [-0.2, -0.15) is 5.10 Å². The van der Waals surface area contributed by atoms with Crippen LogP contribution in [0.3, 0.4) is 0 Å². The maximum Gasteiger partial charge on any atom is 0.420 e. The van der Waals surface area contributed by atoms with E-state index in [4.69, 9.17) is 4.42 Å². The average molecular weight is 439 g/mol. The Kier molecular flexibility index (Phi) is 5.06. The lowest BCUT2D eigenvalue weighted by molar-refractivity contribution is -0.133. The fourth-order valence-corrected chi connectivity index (χ4v) is 4.88. The van der Waals surface area contributed by atoms with Crippen molar-refractivity contribution in [3.05, 3.63) is 68.6 Å². The zero-order valence-corrected chi connectivity index (χ0v) is 17.5. The van der Waals surface area contributed by atoms with Crippen molar-refractivity contribution in [1.29, 1.82) is 0 Å². The summed E-state index contributed by atoms with van der Waals surface area (Å²) < 4.78 is 8.22. The molecule has 3 aromatic heterocycles. The van der Waals surface area contributed by atoms with E-state index in [0.717, 1.165) is 17.8 Å². The van der Waals surface area contributed by atoms with Crippen LogP contribution < -0.4 is 11.4 Å². The Morgan fingerprint density at radius 3 is 2.74 bits per heavy atom. The van der Waals surface area contributed by atoms with Crippen LogP contribution in [-0.2, 0) is 17.8 Å². The largest absolute Gasteiger partial charge is 0.420 e. The molecular formula is C21H21N5O4S. The van der Waals surface area contributed by atoms with E-state index in [9.17, 15) is 14.4 Å². The number of piperidine rings is 1. The van der Waals surface area contributed by atoms with Crippen molar-refractivity contribution in [3.8, 4) is 5.00 Å². The first-order valence-electron chi connectivity index (χ1n) is 10.2. The zero-order valence-electron chi connectivity index (χ0n) is 16.7. The number of fused-ring (bicyclic) bond motifs is 1. The molecule has 4 aromatic rings. The maximum absolute atomic E-state index is 12.8. The Balaban J connectivity index is 1.23. The summed E-state index contributed by atoms with van der Waals surface area (Å²) in [5, 5.41) is 9.53. The van der Waals surface area contributed by atoms with Gasteiger partial charge in [0, 0.05) is 19.5 Å². The number of benzene rings is 1. The van der Waals surface area contributed by atoms with Crippen molar-refractivity contribution < 1.29 is 9.21 Å². The number of nitrogens with one attached hydrogen (secondary N) is 1. The number of para-hydroxylation sites is 2. The molecule has 4 heterocycles. The van der Waals surface area contributed by atoms with Gasteiger partial charge in [-0.25, -0.2) is 19.3 Å². The van der Waals surface area contributed by atoms with Crippen molar-refractivity contribution in [2.75, 3.05) is 13.1 Å². The van der Waals surface area contributed by atoms with Crippen molar-refractivity contribution in [1.82, 2.24) is 24.2 Å². The van der Waals surface area contributed by atoms with Crippen LogP contribution in [0.4, 0.5) is 0 Å². The highest BCUT2D eigenvalue weighted by atomic mass is 32.1. The summed E-state index contributed by atoms with van der Waals surface area (Å²) >= 11 is 1.49. The van der Waals surface area contributed by atoms with Crippen molar-refractivity contribution in [3.63, 3.8) is 0 Å². The second-order valence-corrected chi connectivity index (χ2v) is 8.61. The van der Waals surface area contributed by atoms with Gasteiger partial charge in [-0.15, -0.1) is 11.3 Å². The lowest BCUT2D eigenvalue weighted by Crippen LogP contribution is -2.41. The van der Waals surface area contributed by atoms with Gasteiger partial charge in [-0.1, -0.05) is 12.1 Å². The third-order valence-corrected chi connectivity index (χ3v) is 6.63. The number of aromatic amines is 1. The molecule has 1 amide bonds. The Labute approximate surface area is 180 Å². The highest BCUT2D eigenvalue weighted by Gasteiger charge is 2.26. The van der Waals surface area contributed by atoms with E-state index >= 15 is 0 Å². The minimum absolute atomic E-state index is 0.0300.